The monoisotopic (exact) mass is 788 g/mol. The number of unbranched alkanes of at least 4 members (excludes halogenated alkanes) is 4. The second-order valence-electron chi connectivity index (χ2n) is 14.3. The predicted molar refractivity (Wildman–Crippen MR) is 219 cm³/mol. The molecule has 0 spiro atoms. The zero-order chi connectivity index (χ0) is 40.3. The molecule has 1 atom stereocenters. The zero-order valence-electron chi connectivity index (χ0n) is 32.4. The Morgan fingerprint density at radius 3 is 2.60 bits per heavy atom. The number of aliphatic imine (C=N–C) groups is 1. The highest BCUT2D eigenvalue weighted by molar-refractivity contribution is 6.13. The van der Waals surface area contributed by atoms with E-state index in [1.807, 2.05) is 27.6 Å². The summed E-state index contributed by atoms with van der Waals surface area (Å²) in [5, 5.41) is 19.4. The summed E-state index contributed by atoms with van der Waals surface area (Å²) >= 11 is 0. The summed E-state index contributed by atoms with van der Waals surface area (Å²) < 4.78 is 7.25. The standard InChI is InChI=1S/C41H48N12O5/c1-2-30(13-14-31-25-38(56)53(49-47-31)35-17-18-36(54)46-40(35)57)42-19-7-5-3-4-6-10-37(55)51-22-20-50(21-23-51)32-15-11-29(12-16-32)34-27-44-41(52-28-45-48-39(34)52)43-26-33-9-8-24-58-33/h2,8-9,11-16,24,27-28,35,49H,1,3-7,10,17-23,25-26H2,(H,43,44)(H,46,54,57). The van der Waals surface area contributed by atoms with E-state index < -0.39 is 11.9 Å². The molecule has 0 radical (unpaired) electrons. The summed E-state index contributed by atoms with van der Waals surface area (Å²) in [6.45, 7) is 7.96. The van der Waals surface area contributed by atoms with Gasteiger partial charge in [-0.15, -0.1) is 10.2 Å². The lowest BCUT2D eigenvalue weighted by molar-refractivity contribution is -0.148. The van der Waals surface area contributed by atoms with E-state index in [-0.39, 0.29) is 37.0 Å². The Labute approximate surface area is 335 Å². The lowest BCUT2D eigenvalue weighted by atomic mass is 10.0. The van der Waals surface area contributed by atoms with Crippen LogP contribution < -0.4 is 21.1 Å². The Kier molecular flexibility index (Phi) is 13.0. The van der Waals surface area contributed by atoms with Crippen LogP contribution in [0, 0.1) is 0 Å². The molecule has 17 nitrogen and oxygen atoms in total. The van der Waals surface area contributed by atoms with E-state index in [4.69, 9.17) is 4.42 Å². The van der Waals surface area contributed by atoms with Gasteiger partial charge < -0.3 is 19.5 Å². The fraction of sp³-hybridized carbons (Fsp3) is 0.390. The Bertz CT molecular complexity index is 2190. The van der Waals surface area contributed by atoms with Crippen molar-refractivity contribution in [2.75, 3.05) is 42.9 Å². The molecule has 1 aromatic carbocycles. The second-order valence-corrected chi connectivity index (χ2v) is 14.3. The van der Waals surface area contributed by atoms with Gasteiger partial charge in [-0.25, -0.2) is 15.5 Å². The summed E-state index contributed by atoms with van der Waals surface area (Å²) in [7, 11) is 0. The van der Waals surface area contributed by atoms with Crippen LogP contribution in [-0.4, -0.2) is 103 Å². The van der Waals surface area contributed by atoms with Gasteiger partial charge in [0.05, 0.1) is 30.7 Å². The molecule has 4 amide bonds. The normalized spacial score (nSPS) is 17.8. The molecular formula is C41H48N12O5. The summed E-state index contributed by atoms with van der Waals surface area (Å²) in [6, 6.07) is 11.4. The molecule has 2 fully saturated rings. The summed E-state index contributed by atoms with van der Waals surface area (Å²) in [5.74, 6) is 0.514. The van der Waals surface area contributed by atoms with Crippen molar-refractivity contribution in [1.82, 2.24) is 40.3 Å². The van der Waals surface area contributed by atoms with Crippen LogP contribution in [0.5, 0.6) is 0 Å². The molecule has 0 saturated carbocycles. The molecule has 6 heterocycles. The van der Waals surface area contributed by atoms with Gasteiger partial charge in [-0.1, -0.05) is 38.0 Å². The van der Waals surface area contributed by atoms with Crippen LogP contribution >= 0.6 is 0 Å². The lowest BCUT2D eigenvalue weighted by Crippen LogP contribution is -2.59. The molecule has 0 bridgehead atoms. The minimum Gasteiger partial charge on any atom is -0.467 e. The van der Waals surface area contributed by atoms with Crippen molar-refractivity contribution in [2.24, 2.45) is 10.1 Å². The van der Waals surface area contributed by atoms with Crippen molar-refractivity contribution in [3.63, 3.8) is 0 Å². The second kappa shape index (κ2) is 19.0. The third kappa shape index (κ3) is 9.83. The molecule has 0 aliphatic carbocycles. The van der Waals surface area contributed by atoms with E-state index in [2.05, 4.69) is 77.2 Å². The highest BCUT2D eigenvalue weighted by Crippen LogP contribution is 2.28. The number of rotatable bonds is 17. The number of carbonyl (C=O) groups excluding carboxylic acids is 4. The largest absolute Gasteiger partial charge is 0.467 e. The topological polar surface area (TPSA) is 195 Å². The van der Waals surface area contributed by atoms with E-state index in [1.165, 1.54) is 5.01 Å². The highest BCUT2D eigenvalue weighted by atomic mass is 16.3. The van der Waals surface area contributed by atoms with Crippen LogP contribution in [0.25, 0.3) is 16.8 Å². The van der Waals surface area contributed by atoms with Gasteiger partial charge in [0, 0.05) is 63.0 Å². The Balaban J connectivity index is 0.773. The minimum absolute atomic E-state index is 0.0247. The number of piperidine rings is 1. The Morgan fingerprint density at radius 2 is 1.84 bits per heavy atom. The maximum Gasteiger partial charge on any atom is 0.251 e. The molecule has 3 aromatic heterocycles. The third-order valence-electron chi connectivity index (χ3n) is 10.4. The number of hydrogen-bond acceptors (Lipinski definition) is 13. The van der Waals surface area contributed by atoms with E-state index in [0.29, 0.717) is 55.6 Å². The number of benzene rings is 1. The average Bonchev–Trinajstić information content (AvgIpc) is 3.96. The maximum absolute atomic E-state index is 13.0. The van der Waals surface area contributed by atoms with Crippen molar-refractivity contribution in [3.05, 3.63) is 85.8 Å². The summed E-state index contributed by atoms with van der Waals surface area (Å²) in [4.78, 5) is 62.7. The quantitative estimate of drug-likeness (QED) is 0.0793. The molecule has 3 aliphatic heterocycles. The highest BCUT2D eigenvalue weighted by Gasteiger charge is 2.36. The Hall–Kier alpha value is -6.65. The number of hydrazone groups is 1. The van der Waals surface area contributed by atoms with E-state index in [0.717, 1.165) is 67.8 Å². The smallest absolute Gasteiger partial charge is 0.251 e. The maximum atomic E-state index is 13.0. The van der Waals surface area contributed by atoms with E-state index in [9.17, 15) is 19.2 Å². The van der Waals surface area contributed by atoms with Gasteiger partial charge in [0.2, 0.25) is 23.7 Å². The number of furan rings is 1. The van der Waals surface area contributed by atoms with Gasteiger partial charge in [-0.05, 0) is 67.3 Å². The SMILES string of the molecule is C=CC(C=CC1=NNN(C2CCC(=O)NC2=O)C(=O)C1)=NCCCCCCCC(=O)N1CCN(c2ccc(-c3cnc(NCc4ccco4)n4cnnc34)cc2)CC1. The molecule has 17 heteroatoms. The number of piperazine rings is 1. The van der Waals surface area contributed by atoms with Crippen molar-refractivity contribution >= 4 is 52.3 Å². The predicted octanol–water partition coefficient (Wildman–Crippen LogP) is 4.07. The van der Waals surface area contributed by atoms with Crippen LogP contribution in [-0.2, 0) is 25.7 Å². The molecule has 302 valence electrons. The van der Waals surface area contributed by atoms with Gasteiger partial charge in [-0.2, -0.15) is 5.10 Å². The number of imide groups is 1. The number of fused-ring (bicyclic) bond motifs is 1. The van der Waals surface area contributed by atoms with Crippen molar-refractivity contribution in [1.29, 1.82) is 0 Å². The third-order valence-corrected chi connectivity index (χ3v) is 10.4. The van der Waals surface area contributed by atoms with Gasteiger partial charge in [-0.3, -0.25) is 33.9 Å². The molecule has 3 aliphatic rings. The number of anilines is 2. The molecule has 3 N–H and O–H groups in total. The first kappa shape index (κ1) is 39.6. The average molecular weight is 789 g/mol. The first-order chi connectivity index (χ1) is 28.4. The minimum atomic E-state index is -0.768. The van der Waals surface area contributed by atoms with E-state index >= 15 is 0 Å². The number of amides is 4. The molecule has 4 aromatic rings. The number of carbonyl (C=O) groups is 4. The van der Waals surface area contributed by atoms with Crippen LogP contribution in [0.2, 0.25) is 0 Å². The van der Waals surface area contributed by atoms with Crippen LogP contribution in [0.15, 0.2) is 94.5 Å². The fourth-order valence-electron chi connectivity index (χ4n) is 7.17. The number of nitrogens with zero attached hydrogens (tertiary/aromatic N) is 9. The number of hydrazine groups is 1. The fourth-order valence-corrected chi connectivity index (χ4v) is 7.17. The van der Waals surface area contributed by atoms with Crippen LogP contribution in [0.3, 0.4) is 0 Å². The van der Waals surface area contributed by atoms with Crippen molar-refractivity contribution in [3.8, 4) is 11.1 Å². The summed E-state index contributed by atoms with van der Waals surface area (Å²) in [5.41, 5.74) is 7.55. The molecule has 2 saturated heterocycles. The molecule has 7 rings (SSSR count). The van der Waals surface area contributed by atoms with Gasteiger partial charge in [0.15, 0.2) is 5.65 Å². The number of allylic oxidation sites excluding steroid dienone is 3. The van der Waals surface area contributed by atoms with Gasteiger partial charge >= 0.3 is 0 Å². The number of hydrogen-bond donors (Lipinski definition) is 3. The molecular weight excluding hydrogens is 741 g/mol. The van der Waals surface area contributed by atoms with Crippen molar-refractivity contribution in [2.45, 2.75) is 70.4 Å². The van der Waals surface area contributed by atoms with Crippen LogP contribution in [0.1, 0.15) is 63.5 Å². The number of aromatic nitrogens is 4. The zero-order valence-corrected chi connectivity index (χ0v) is 32.4. The Morgan fingerprint density at radius 1 is 1.03 bits per heavy atom. The molecule has 1 unspecified atom stereocenters. The number of nitrogens with one attached hydrogen (secondary N) is 3. The molecule has 58 heavy (non-hydrogen) atoms. The van der Waals surface area contributed by atoms with Crippen molar-refractivity contribution < 1.29 is 23.6 Å². The van der Waals surface area contributed by atoms with Gasteiger partial charge in [0.1, 0.15) is 18.1 Å². The van der Waals surface area contributed by atoms with E-state index in [1.54, 1.807) is 30.8 Å². The van der Waals surface area contributed by atoms with Crippen LogP contribution in [0.4, 0.5) is 11.6 Å². The van der Waals surface area contributed by atoms with Gasteiger partial charge in [0.25, 0.3) is 5.91 Å². The first-order valence-corrected chi connectivity index (χ1v) is 19.8. The summed E-state index contributed by atoms with van der Waals surface area (Å²) in [6.07, 6.45) is 16.1. The first-order valence-electron chi connectivity index (χ1n) is 19.8. The lowest BCUT2D eigenvalue weighted by Gasteiger charge is -2.36.